The van der Waals surface area contributed by atoms with E-state index in [2.05, 4.69) is 40.2 Å². The summed E-state index contributed by atoms with van der Waals surface area (Å²) in [5.74, 6) is 1.67. The first-order valence-corrected chi connectivity index (χ1v) is 8.82. The van der Waals surface area contributed by atoms with Gasteiger partial charge in [-0.1, -0.05) is 38.8 Å². The first-order chi connectivity index (χ1) is 11.8. The summed E-state index contributed by atoms with van der Waals surface area (Å²) in [6.45, 7) is 5.08. The van der Waals surface area contributed by atoms with E-state index >= 15 is 0 Å². The molecule has 0 saturated heterocycles. The van der Waals surface area contributed by atoms with Crippen LogP contribution in [0.25, 0.3) is 11.5 Å². The monoisotopic (exact) mass is 323 g/mol. The number of aryl methyl sites for hydroxylation is 1. The van der Waals surface area contributed by atoms with E-state index in [0.29, 0.717) is 6.54 Å². The van der Waals surface area contributed by atoms with Gasteiger partial charge in [0.1, 0.15) is 11.4 Å². The van der Waals surface area contributed by atoms with Crippen LogP contribution in [0.5, 0.6) is 0 Å². The number of aromatic amines is 1. The molecule has 1 aliphatic rings. The summed E-state index contributed by atoms with van der Waals surface area (Å²) in [6.07, 6.45) is 9.73. The number of imidazole rings is 1. The number of aromatic nitrogens is 3. The van der Waals surface area contributed by atoms with Crippen molar-refractivity contribution in [2.24, 2.45) is 4.99 Å². The zero-order valence-electron chi connectivity index (χ0n) is 14.5. The van der Waals surface area contributed by atoms with Crippen molar-refractivity contribution in [3.05, 3.63) is 47.6 Å². The molecule has 0 spiro atoms. The summed E-state index contributed by atoms with van der Waals surface area (Å²) in [5.41, 5.74) is 4.05. The Kier molecular flexibility index (Phi) is 5.41. The van der Waals surface area contributed by atoms with Crippen molar-refractivity contribution in [3.63, 3.8) is 0 Å². The average molecular weight is 323 g/mol. The highest BCUT2D eigenvalue weighted by Crippen LogP contribution is 2.16. The molecule has 2 aromatic heterocycles. The number of H-pyrrole nitrogens is 1. The fraction of sp³-hybridized carbons (Fsp3) is 0.421. The fourth-order valence-corrected chi connectivity index (χ4v) is 2.66. The summed E-state index contributed by atoms with van der Waals surface area (Å²) >= 11 is 0. The number of unbranched alkanes of at least 4 members (excludes halogenated alkanes) is 2. The molecule has 0 atom stereocenters. The molecule has 2 N–H and O–H groups in total. The maximum atomic E-state index is 4.72. The predicted octanol–water partition coefficient (Wildman–Crippen LogP) is 3.85. The van der Waals surface area contributed by atoms with Gasteiger partial charge in [-0.25, -0.2) is 9.97 Å². The van der Waals surface area contributed by atoms with Crippen LogP contribution >= 0.6 is 0 Å². The number of nitrogens with zero attached hydrogens (tertiary/aromatic N) is 3. The Bertz CT molecular complexity index is 742. The molecule has 3 heterocycles. The van der Waals surface area contributed by atoms with Crippen molar-refractivity contribution in [1.29, 1.82) is 0 Å². The molecule has 24 heavy (non-hydrogen) atoms. The number of hydrogen-bond donors (Lipinski definition) is 2. The third kappa shape index (κ3) is 3.91. The molecule has 0 unspecified atom stereocenters. The van der Waals surface area contributed by atoms with E-state index < -0.39 is 0 Å². The summed E-state index contributed by atoms with van der Waals surface area (Å²) < 4.78 is 0. The van der Waals surface area contributed by atoms with Gasteiger partial charge in [-0.3, -0.25) is 4.99 Å². The molecular formula is C19H25N5. The molecule has 3 rings (SSSR count). The van der Waals surface area contributed by atoms with Crippen molar-refractivity contribution in [3.8, 4) is 11.5 Å². The normalized spacial score (nSPS) is 15.6. The number of hydrogen-bond acceptors (Lipinski definition) is 4. The van der Waals surface area contributed by atoms with E-state index in [9.17, 15) is 0 Å². The lowest BCUT2D eigenvalue weighted by atomic mass is 10.2. The van der Waals surface area contributed by atoms with Gasteiger partial charge in [-0.05, 0) is 31.4 Å². The zero-order valence-corrected chi connectivity index (χ0v) is 14.5. The number of aliphatic imine (C=N–C) groups is 1. The molecule has 0 fully saturated rings. The largest absolute Gasteiger partial charge is 0.341 e. The van der Waals surface area contributed by atoms with E-state index in [1.165, 1.54) is 24.2 Å². The maximum Gasteiger partial charge on any atom is 0.156 e. The van der Waals surface area contributed by atoms with Gasteiger partial charge in [-0.15, -0.1) is 0 Å². The summed E-state index contributed by atoms with van der Waals surface area (Å²) in [7, 11) is 0. The van der Waals surface area contributed by atoms with E-state index in [0.717, 1.165) is 42.3 Å². The van der Waals surface area contributed by atoms with Crippen LogP contribution in [0, 0.1) is 0 Å². The Morgan fingerprint density at radius 3 is 2.88 bits per heavy atom. The molecule has 126 valence electrons. The number of allylic oxidation sites excluding steroid dienone is 1. The highest BCUT2D eigenvalue weighted by Gasteiger charge is 2.15. The van der Waals surface area contributed by atoms with Gasteiger partial charge in [-0.2, -0.15) is 0 Å². The highest BCUT2D eigenvalue weighted by molar-refractivity contribution is 6.00. The van der Waals surface area contributed by atoms with E-state index in [4.69, 9.17) is 4.98 Å². The van der Waals surface area contributed by atoms with Gasteiger partial charge in [0.15, 0.2) is 11.7 Å². The molecule has 0 aliphatic carbocycles. The Balaban J connectivity index is 1.74. The van der Waals surface area contributed by atoms with Crippen LogP contribution in [0.2, 0.25) is 0 Å². The predicted molar refractivity (Wildman–Crippen MR) is 98.0 cm³/mol. The van der Waals surface area contributed by atoms with Crippen LogP contribution in [0.4, 0.5) is 0 Å². The molecule has 0 bridgehead atoms. The van der Waals surface area contributed by atoms with Crippen LogP contribution in [-0.4, -0.2) is 27.3 Å². The van der Waals surface area contributed by atoms with Gasteiger partial charge in [0.25, 0.3) is 0 Å². The minimum absolute atomic E-state index is 0.711. The summed E-state index contributed by atoms with van der Waals surface area (Å²) in [5, 5.41) is 3.37. The minimum atomic E-state index is 0.711. The highest BCUT2D eigenvalue weighted by atomic mass is 15.1. The van der Waals surface area contributed by atoms with Gasteiger partial charge >= 0.3 is 0 Å². The summed E-state index contributed by atoms with van der Waals surface area (Å²) in [4.78, 5) is 17.1. The van der Waals surface area contributed by atoms with Crippen molar-refractivity contribution in [2.45, 2.75) is 46.0 Å². The van der Waals surface area contributed by atoms with Gasteiger partial charge in [0.05, 0.1) is 6.54 Å². The molecule has 0 amide bonds. The SMILES string of the molecule is CCCC=C1CN=C(c2cccc(-c3ncc(CCCC)[nH]3)n2)N1. The second-order valence-corrected chi connectivity index (χ2v) is 6.08. The Morgan fingerprint density at radius 1 is 1.17 bits per heavy atom. The van der Waals surface area contributed by atoms with Crippen LogP contribution in [0.15, 0.2) is 41.2 Å². The Morgan fingerprint density at radius 2 is 2.04 bits per heavy atom. The molecule has 2 aromatic rings. The number of amidine groups is 1. The van der Waals surface area contributed by atoms with Crippen LogP contribution < -0.4 is 5.32 Å². The second-order valence-electron chi connectivity index (χ2n) is 6.08. The quantitative estimate of drug-likeness (QED) is 0.813. The average Bonchev–Trinajstić information content (AvgIpc) is 3.28. The molecule has 5 heteroatoms. The van der Waals surface area contributed by atoms with Crippen molar-refractivity contribution >= 4 is 5.84 Å². The van der Waals surface area contributed by atoms with Gasteiger partial charge in [0, 0.05) is 17.6 Å². The van der Waals surface area contributed by atoms with Crippen molar-refractivity contribution < 1.29 is 0 Å². The molecular weight excluding hydrogens is 298 g/mol. The standard InChI is InChI=1S/C19H25N5/c1-3-5-8-14-12-20-18(22-14)16-10-7-11-17(24-16)19-21-13-15(23-19)9-6-4-2/h7-8,10-11,13H,3-6,9,12H2,1-2H3,(H,20,22)(H,21,23). The topological polar surface area (TPSA) is 66.0 Å². The van der Waals surface area contributed by atoms with E-state index in [1.807, 2.05) is 24.4 Å². The van der Waals surface area contributed by atoms with Crippen molar-refractivity contribution in [1.82, 2.24) is 20.3 Å². The van der Waals surface area contributed by atoms with E-state index in [1.54, 1.807) is 0 Å². The van der Waals surface area contributed by atoms with Crippen molar-refractivity contribution in [2.75, 3.05) is 6.54 Å². The first-order valence-electron chi connectivity index (χ1n) is 8.82. The number of rotatable bonds is 7. The smallest absolute Gasteiger partial charge is 0.156 e. The Labute approximate surface area is 143 Å². The second kappa shape index (κ2) is 7.90. The fourth-order valence-electron chi connectivity index (χ4n) is 2.66. The zero-order chi connectivity index (χ0) is 16.8. The molecule has 1 aliphatic heterocycles. The third-order valence-corrected chi connectivity index (χ3v) is 4.03. The van der Waals surface area contributed by atoms with Gasteiger partial charge < -0.3 is 10.3 Å². The van der Waals surface area contributed by atoms with Crippen LogP contribution in [-0.2, 0) is 6.42 Å². The van der Waals surface area contributed by atoms with Crippen LogP contribution in [0.3, 0.4) is 0 Å². The minimum Gasteiger partial charge on any atom is -0.341 e. The maximum absolute atomic E-state index is 4.72. The van der Waals surface area contributed by atoms with Crippen LogP contribution in [0.1, 0.15) is 50.9 Å². The summed E-state index contributed by atoms with van der Waals surface area (Å²) in [6, 6.07) is 5.97. The lowest BCUT2D eigenvalue weighted by molar-refractivity contribution is 0.781. The number of pyridine rings is 1. The van der Waals surface area contributed by atoms with E-state index in [-0.39, 0.29) is 0 Å². The Hall–Kier alpha value is -2.43. The molecule has 0 aromatic carbocycles. The lowest BCUT2D eigenvalue weighted by Gasteiger charge is -2.04. The lowest BCUT2D eigenvalue weighted by Crippen LogP contribution is -2.19. The third-order valence-electron chi connectivity index (χ3n) is 4.03. The first kappa shape index (κ1) is 16.4. The van der Waals surface area contributed by atoms with Gasteiger partial charge in [0.2, 0.25) is 0 Å². The molecule has 0 radical (unpaired) electrons. The number of nitrogens with one attached hydrogen (secondary N) is 2. The molecule has 5 nitrogen and oxygen atoms in total. The molecule has 0 saturated carbocycles.